The van der Waals surface area contributed by atoms with E-state index in [-0.39, 0.29) is 18.6 Å². The van der Waals surface area contributed by atoms with Crippen molar-refractivity contribution in [2.75, 3.05) is 26.4 Å². The molecule has 2 aliphatic rings. The molecule has 0 spiro atoms. The summed E-state index contributed by atoms with van der Waals surface area (Å²) < 4.78 is 5.24. The lowest BCUT2D eigenvalue weighted by Crippen LogP contribution is -2.49. The Morgan fingerprint density at radius 2 is 2.22 bits per heavy atom. The molecule has 0 aromatic heterocycles. The fourth-order valence-electron chi connectivity index (χ4n) is 2.91. The Morgan fingerprint density at radius 3 is 2.78 bits per heavy atom. The third kappa shape index (κ3) is 2.11. The maximum Gasteiger partial charge on any atom is 0.243 e. The number of amides is 1. The van der Waals surface area contributed by atoms with Gasteiger partial charge in [-0.15, -0.1) is 0 Å². The first-order chi connectivity index (χ1) is 8.64. The summed E-state index contributed by atoms with van der Waals surface area (Å²) in [4.78, 5) is 14.3. The molecule has 2 heterocycles. The van der Waals surface area contributed by atoms with Crippen LogP contribution < -0.4 is 0 Å². The van der Waals surface area contributed by atoms with Gasteiger partial charge >= 0.3 is 0 Å². The van der Waals surface area contributed by atoms with Crippen LogP contribution in [0.1, 0.15) is 26.2 Å². The molecular weight excluding hydrogens is 232 g/mol. The molecule has 1 amide bonds. The minimum absolute atomic E-state index is 0.0229. The lowest BCUT2D eigenvalue weighted by Gasteiger charge is -2.35. The predicted molar refractivity (Wildman–Crippen MR) is 64.5 cm³/mol. The Balaban J connectivity index is 2.17. The van der Waals surface area contributed by atoms with E-state index >= 15 is 0 Å². The van der Waals surface area contributed by atoms with Crippen LogP contribution >= 0.6 is 0 Å². The van der Waals surface area contributed by atoms with Crippen molar-refractivity contribution in [3.8, 4) is 6.07 Å². The molecule has 2 rings (SSSR count). The second-order valence-electron chi connectivity index (χ2n) is 5.32. The molecule has 2 aliphatic heterocycles. The molecule has 0 radical (unpaired) electrons. The normalized spacial score (nSPS) is 31.1. The van der Waals surface area contributed by atoms with Crippen LogP contribution in [-0.2, 0) is 9.53 Å². The molecule has 0 bridgehead atoms. The van der Waals surface area contributed by atoms with Crippen molar-refractivity contribution < 1.29 is 14.6 Å². The second kappa shape index (κ2) is 5.25. The van der Waals surface area contributed by atoms with Crippen molar-refractivity contribution in [1.82, 2.24) is 4.90 Å². The molecular formula is C13H20N2O3. The van der Waals surface area contributed by atoms with E-state index in [2.05, 4.69) is 6.07 Å². The number of carbonyl (C=O) groups excluding carboxylic acids is 1. The molecule has 100 valence electrons. The highest BCUT2D eigenvalue weighted by atomic mass is 16.5. The van der Waals surface area contributed by atoms with E-state index in [1.165, 1.54) is 0 Å². The van der Waals surface area contributed by atoms with Gasteiger partial charge in [0.2, 0.25) is 5.91 Å². The molecule has 5 heteroatoms. The van der Waals surface area contributed by atoms with Gasteiger partial charge in [0, 0.05) is 19.8 Å². The van der Waals surface area contributed by atoms with Gasteiger partial charge in [-0.05, 0) is 25.2 Å². The highest BCUT2D eigenvalue weighted by Gasteiger charge is 2.46. The van der Waals surface area contributed by atoms with E-state index < -0.39 is 5.41 Å². The van der Waals surface area contributed by atoms with Gasteiger partial charge in [-0.3, -0.25) is 4.79 Å². The molecule has 0 aromatic carbocycles. The van der Waals surface area contributed by atoms with E-state index in [4.69, 9.17) is 4.74 Å². The van der Waals surface area contributed by atoms with E-state index in [9.17, 15) is 15.2 Å². The van der Waals surface area contributed by atoms with Crippen LogP contribution in [0.25, 0.3) is 0 Å². The Bertz CT molecular complexity index is 358. The number of aliphatic hydroxyl groups excluding tert-OH is 1. The van der Waals surface area contributed by atoms with Crippen LogP contribution in [0.5, 0.6) is 0 Å². The Morgan fingerprint density at radius 1 is 1.56 bits per heavy atom. The van der Waals surface area contributed by atoms with E-state index in [0.717, 1.165) is 6.42 Å². The lowest BCUT2D eigenvalue weighted by atomic mass is 9.80. The minimum atomic E-state index is -0.935. The largest absolute Gasteiger partial charge is 0.394 e. The van der Waals surface area contributed by atoms with Crippen LogP contribution in [0, 0.1) is 22.7 Å². The molecule has 0 saturated carbocycles. The number of likely N-dealkylation sites (tertiary alicyclic amines) is 1. The zero-order chi connectivity index (χ0) is 13.2. The fraction of sp³-hybridized carbons (Fsp3) is 0.846. The first-order valence-electron chi connectivity index (χ1n) is 6.55. The summed E-state index contributed by atoms with van der Waals surface area (Å²) in [6.45, 7) is 3.59. The van der Waals surface area contributed by atoms with Crippen molar-refractivity contribution in [1.29, 1.82) is 5.26 Å². The minimum Gasteiger partial charge on any atom is -0.394 e. The number of aliphatic hydroxyl groups is 1. The third-order valence-electron chi connectivity index (χ3n) is 4.30. The molecule has 0 aromatic rings. The SMILES string of the molecule is CC1CCN(C(=O)C2(C#N)CCOCC2)C1CO. The molecule has 5 nitrogen and oxygen atoms in total. The zero-order valence-corrected chi connectivity index (χ0v) is 10.8. The highest BCUT2D eigenvalue weighted by molar-refractivity contribution is 5.86. The summed E-state index contributed by atoms with van der Waals surface area (Å²) in [7, 11) is 0. The summed E-state index contributed by atoms with van der Waals surface area (Å²) in [6.07, 6.45) is 1.83. The second-order valence-corrected chi connectivity index (χ2v) is 5.32. The Kier molecular flexibility index (Phi) is 3.88. The van der Waals surface area contributed by atoms with Crippen molar-refractivity contribution in [2.24, 2.45) is 11.3 Å². The number of rotatable bonds is 2. The summed E-state index contributed by atoms with van der Waals surface area (Å²) in [5, 5.41) is 18.8. The van der Waals surface area contributed by atoms with Crippen LogP contribution in [0.2, 0.25) is 0 Å². The maximum atomic E-state index is 12.6. The van der Waals surface area contributed by atoms with E-state index in [1.807, 2.05) is 6.92 Å². The van der Waals surface area contributed by atoms with Gasteiger partial charge in [0.1, 0.15) is 5.41 Å². The Labute approximate surface area is 107 Å². The lowest BCUT2D eigenvalue weighted by molar-refractivity contribution is -0.145. The summed E-state index contributed by atoms with van der Waals surface area (Å²) in [5.74, 6) is 0.186. The number of nitriles is 1. The van der Waals surface area contributed by atoms with Crippen molar-refractivity contribution in [3.63, 3.8) is 0 Å². The van der Waals surface area contributed by atoms with Crippen LogP contribution in [0.15, 0.2) is 0 Å². The average Bonchev–Trinajstić information content (AvgIpc) is 2.79. The number of carbonyl (C=O) groups is 1. The third-order valence-corrected chi connectivity index (χ3v) is 4.30. The van der Waals surface area contributed by atoms with Gasteiger partial charge in [0.15, 0.2) is 0 Å². The van der Waals surface area contributed by atoms with Gasteiger partial charge in [-0.2, -0.15) is 5.26 Å². The van der Waals surface area contributed by atoms with Crippen molar-refractivity contribution in [3.05, 3.63) is 0 Å². The first-order valence-corrected chi connectivity index (χ1v) is 6.55. The van der Waals surface area contributed by atoms with Gasteiger partial charge in [-0.25, -0.2) is 0 Å². The molecule has 0 aliphatic carbocycles. The zero-order valence-electron chi connectivity index (χ0n) is 10.8. The Hall–Kier alpha value is -1.12. The molecule has 18 heavy (non-hydrogen) atoms. The molecule has 2 fully saturated rings. The number of hydrogen-bond acceptors (Lipinski definition) is 4. The van der Waals surface area contributed by atoms with E-state index in [1.54, 1.807) is 4.90 Å². The number of hydrogen-bond donors (Lipinski definition) is 1. The predicted octanol–water partition coefficient (Wildman–Crippen LogP) is 0.536. The highest BCUT2D eigenvalue weighted by Crippen LogP contribution is 2.35. The van der Waals surface area contributed by atoms with Gasteiger partial charge < -0.3 is 14.7 Å². The summed E-state index contributed by atoms with van der Waals surface area (Å²) in [5.41, 5.74) is -0.935. The quantitative estimate of drug-likeness (QED) is 0.778. The number of nitrogens with zero attached hydrogens (tertiary/aromatic N) is 2. The molecule has 2 unspecified atom stereocenters. The molecule has 2 saturated heterocycles. The van der Waals surface area contributed by atoms with Crippen LogP contribution in [-0.4, -0.2) is 48.3 Å². The molecule has 2 atom stereocenters. The van der Waals surface area contributed by atoms with Gasteiger partial charge in [-0.1, -0.05) is 6.92 Å². The van der Waals surface area contributed by atoms with Gasteiger partial charge in [0.25, 0.3) is 0 Å². The monoisotopic (exact) mass is 252 g/mol. The number of ether oxygens (including phenoxy) is 1. The van der Waals surface area contributed by atoms with Crippen LogP contribution in [0.4, 0.5) is 0 Å². The van der Waals surface area contributed by atoms with E-state index in [0.29, 0.717) is 38.5 Å². The van der Waals surface area contributed by atoms with Crippen molar-refractivity contribution >= 4 is 5.91 Å². The first kappa shape index (κ1) is 13.3. The van der Waals surface area contributed by atoms with Crippen LogP contribution in [0.3, 0.4) is 0 Å². The average molecular weight is 252 g/mol. The topological polar surface area (TPSA) is 73.6 Å². The molecule has 1 N–H and O–H groups in total. The summed E-state index contributed by atoms with van der Waals surface area (Å²) >= 11 is 0. The maximum absolute atomic E-state index is 12.6. The van der Waals surface area contributed by atoms with Gasteiger partial charge in [0.05, 0.1) is 18.7 Å². The smallest absolute Gasteiger partial charge is 0.243 e. The standard InChI is InChI=1S/C13H20N2O3/c1-10-2-5-15(11(10)8-16)12(17)13(9-14)3-6-18-7-4-13/h10-11,16H,2-8H2,1H3. The summed E-state index contributed by atoms with van der Waals surface area (Å²) in [6, 6.07) is 2.07. The fourth-order valence-corrected chi connectivity index (χ4v) is 2.91. The van der Waals surface area contributed by atoms with Crippen molar-refractivity contribution in [2.45, 2.75) is 32.2 Å².